The lowest BCUT2D eigenvalue weighted by atomic mass is 9.97. The van der Waals surface area contributed by atoms with Crippen LogP contribution in [0.5, 0.6) is 0 Å². The van der Waals surface area contributed by atoms with Gasteiger partial charge in [-0.3, -0.25) is 0 Å². The molecule has 0 aliphatic heterocycles. The maximum absolute atomic E-state index is 5.99. The van der Waals surface area contributed by atoms with E-state index in [1.807, 2.05) is 12.1 Å². The largest absolute Gasteiger partial charge is 0.456 e. The first-order chi connectivity index (χ1) is 17.0. The van der Waals surface area contributed by atoms with E-state index in [2.05, 4.69) is 123 Å². The highest BCUT2D eigenvalue weighted by molar-refractivity contribution is 6.88. The summed E-state index contributed by atoms with van der Waals surface area (Å²) in [6.45, 7) is 7.19. The van der Waals surface area contributed by atoms with Crippen molar-refractivity contribution in [2.24, 2.45) is 0 Å². The van der Waals surface area contributed by atoms with E-state index >= 15 is 0 Å². The van der Waals surface area contributed by atoms with Gasteiger partial charge in [0, 0.05) is 10.8 Å². The molecule has 0 unspecified atom stereocenters. The molecule has 0 amide bonds. The summed E-state index contributed by atoms with van der Waals surface area (Å²) in [7, 11) is -1.32. The molecule has 35 heavy (non-hydrogen) atoms. The molecule has 5 aromatic carbocycles. The van der Waals surface area contributed by atoms with Crippen molar-refractivity contribution in [3.05, 3.63) is 115 Å². The van der Waals surface area contributed by atoms with E-state index in [4.69, 9.17) is 4.42 Å². The zero-order chi connectivity index (χ0) is 24.0. The molecular weight excluding hydrogens is 440 g/mol. The molecule has 0 radical (unpaired) electrons. The van der Waals surface area contributed by atoms with E-state index in [1.165, 1.54) is 38.6 Å². The Kier molecular flexibility index (Phi) is 5.20. The van der Waals surface area contributed by atoms with Crippen LogP contribution in [0.2, 0.25) is 19.6 Å². The molecule has 0 aliphatic rings. The van der Waals surface area contributed by atoms with Gasteiger partial charge in [-0.1, -0.05) is 122 Å². The topological polar surface area (TPSA) is 13.1 Å². The number of furan rings is 1. The van der Waals surface area contributed by atoms with Crippen LogP contribution in [0.25, 0.3) is 55.3 Å². The Morgan fingerprint density at radius 1 is 0.429 bits per heavy atom. The summed E-state index contributed by atoms with van der Waals surface area (Å²) in [5.74, 6) is 0. The summed E-state index contributed by atoms with van der Waals surface area (Å²) in [4.78, 5) is 0. The molecule has 6 rings (SSSR count). The van der Waals surface area contributed by atoms with Crippen molar-refractivity contribution in [1.82, 2.24) is 0 Å². The van der Waals surface area contributed by atoms with Gasteiger partial charge >= 0.3 is 0 Å². The van der Waals surface area contributed by atoms with Crippen molar-refractivity contribution in [2.75, 3.05) is 0 Å². The molecule has 0 bridgehead atoms. The van der Waals surface area contributed by atoms with Crippen molar-refractivity contribution < 1.29 is 4.42 Å². The average Bonchev–Trinajstić information content (AvgIpc) is 3.26. The van der Waals surface area contributed by atoms with Gasteiger partial charge in [-0.25, -0.2) is 0 Å². The standard InChI is InChI=1S/C33H28OSi/c1-35(2,3)29-8-6-7-27(21-29)25-15-11-23(12-16-25)24-13-17-26(18-14-24)28-19-20-33-31(22-28)30-9-4-5-10-32(30)34-33/h4-22H,1-3H3. The van der Waals surface area contributed by atoms with Gasteiger partial charge in [0.2, 0.25) is 0 Å². The Morgan fingerprint density at radius 2 is 0.943 bits per heavy atom. The highest BCUT2D eigenvalue weighted by Crippen LogP contribution is 2.33. The summed E-state index contributed by atoms with van der Waals surface area (Å²) in [5.41, 5.74) is 9.31. The van der Waals surface area contributed by atoms with Crippen molar-refractivity contribution >= 4 is 35.2 Å². The van der Waals surface area contributed by atoms with E-state index in [-0.39, 0.29) is 0 Å². The maximum atomic E-state index is 5.99. The highest BCUT2D eigenvalue weighted by Gasteiger charge is 2.16. The van der Waals surface area contributed by atoms with Gasteiger partial charge in [0.15, 0.2) is 0 Å². The molecule has 0 atom stereocenters. The monoisotopic (exact) mass is 468 g/mol. The van der Waals surface area contributed by atoms with Crippen LogP contribution in [-0.2, 0) is 0 Å². The summed E-state index contributed by atoms with van der Waals surface area (Å²) in [5, 5.41) is 3.82. The molecule has 2 heteroatoms. The highest BCUT2D eigenvalue weighted by atomic mass is 28.3. The lowest BCUT2D eigenvalue weighted by Crippen LogP contribution is -2.37. The van der Waals surface area contributed by atoms with E-state index in [0.717, 1.165) is 21.9 Å². The second kappa shape index (κ2) is 8.40. The van der Waals surface area contributed by atoms with Crippen LogP contribution in [0.15, 0.2) is 120 Å². The molecule has 1 aromatic heterocycles. The van der Waals surface area contributed by atoms with Gasteiger partial charge in [-0.05, 0) is 51.6 Å². The Morgan fingerprint density at radius 3 is 1.57 bits per heavy atom. The Balaban J connectivity index is 1.28. The van der Waals surface area contributed by atoms with E-state index in [1.54, 1.807) is 0 Å². The minimum Gasteiger partial charge on any atom is -0.456 e. The van der Waals surface area contributed by atoms with Crippen LogP contribution >= 0.6 is 0 Å². The van der Waals surface area contributed by atoms with Crippen LogP contribution in [0, 0.1) is 0 Å². The van der Waals surface area contributed by atoms with Gasteiger partial charge in [-0.15, -0.1) is 0 Å². The molecule has 1 heterocycles. The fourth-order valence-corrected chi connectivity index (χ4v) is 5.97. The third-order valence-electron chi connectivity index (χ3n) is 6.88. The minimum atomic E-state index is -1.32. The van der Waals surface area contributed by atoms with Crippen molar-refractivity contribution in [3.8, 4) is 33.4 Å². The molecule has 6 aromatic rings. The second-order valence-corrected chi connectivity index (χ2v) is 15.4. The third-order valence-corrected chi connectivity index (χ3v) is 8.92. The van der Waals surface area contributed by atoms with Crippen molar-refractivity contribution in [3.63, 3.8) is 0 Å². The predicted molar refractivity (Wildman–Crippen MR) is 153 cm³/mol. The summed E-state index contributed by atoms with van der Waals surface area (Å²) < 4.78 is 5.99. The summed E-state index contributed by atoms with van der Waals surface area (Å²) in [6.07, 6.45) is 0. The minimum absolute atomic E-state index is 0.932. The van der Waals surface area contributed by atoms with Gasteiger partial charge in [-0.2, -0.15) is 0 Å². The Bertz CT molecular complexity index is 1650. The zero-order valence-corrected chi connectivity index (χ0v) is 21.4. The van der Waals surface area contributed by atoms with Gasteiger partial charge in [0.05, 0.1) is 8.07 Å². The fourth-order valence-electron chi connectivity index (χ4n) is 4.78. The lowest BCUT2D eigenvalue weighted by molar-refractivity contribution is 0.669. The van der Waals surface area contributed by atoms with Crippen LogP contribution < -0.4 is 5.19 Å². The molecule has 0 spiro atoms. The number of hydrogen-bond acceptors (Lipinski definition) is 1. The van der Waals surface area contributed by atoms with E-state index in [9.17, 15) is 0 Å². The molecule has 1 nitrogen and oxygen atoms in total. The van der Waals surface area contributed by atoms with Crippen LogP contribution in [0.4, 0.5) is 0 Å². The molecular formula is C33H28OSi. The predicted octanol–water partition coefficient (Wildman–Crippen LogP) is 9.13. The smallest absolute Gasteiger partial charge is 0.135 e. The zero-order valence-electron chi connectivity index (χ0n) is 20.4. The quantitative estimate of drug-likeness (QED) is 0.235. The van der Waals surface area contributed by atoms with Crippen LogP contribution in [0.1, 0.15) is 0 Å². The molecule has 0 fully saturated rings. The molecule has 0 saturated heterocycles. The first kappa shape index (κ1) is 21.6. The molecule has 0 N–H and O–H groups in total. The van der Waals surface area contributed by atoms with E-state index in [0.29, 0.717) is 0 Å². The van der Waals surface area contributed by atoms with Gasteiger partial charge in [0.25, 0.3) is 0 Å². The molecule has 0 aliphatic carbocycles. The fraction of sp³-hybridized carbons (Fsp3) is 0.0909. The Hall–Kier alpha value is -3.88. The van der Waals surface area contributed by atoms with Crippen molar-refractivity contribution in [1.29, 1.82) is 0 Å². The maximum Gasteiger partial charge on any atom is 0.135 e. The SMILES string of the molecule is C[Si](C)(C)c1cccc(-c2ccc(-c3ccc(-c4ccc5oc6ccccc6c5c4)cc3)cc2)c1. The number of rotatable bonds is 4. The normalized spacial score (nSPS) is 11.9. The first-order valence-electron chi connectivity index (χ1n) is 12.2. The lowest BCUT2D eigenvalue weighted by Gasteiger charge is -2.17. The first-order valence-corrected chi connectivity index (χ1v) is 15.7. The summed E-state index contributed by atoms with van der Waals surface area (Å²) >= 11 is 0. The van der Waals surface area contributed by atoms with E-state index < -0.39 is 8.07 Å². The number of fused-ring (bicyclic) bond motifs is 3. The van der Waals surface area contributed by atoms with Crippen LogP contribution in [-0.4, -0.2) is 8.07 Å². The number of para-hydroxylation sites is 1. The van der Waals surface area contributed by atoms with Gasteiger partial charge < -0.3 is 4.42 Å². The summed E-state index contributed by atoms with van der Waals surface area (Å²) in [6, 6.07) is 41.5. The third kappa shape index (κ3) is 4.11. The number of hydrogen-bond donors (Lipinski definition) is 0. The second-order valence-electron chi connectivity index (χ2n) is 10.3. The molecule has 170 valence electrons. The molecule has 0 saturated carbocycles. The van der Waals surface area contributed by atoms with Crippen molar-refractivity contribution in [2.45, 2.75) is 19.6 Å². The average molecular weight is 469 g/mol. The number of benzene rings is 5. The van der Waals surface area contributed by atoms with Crippen LogP contribution in [0.3, 0.4) is 0 Å². The Labute approximate surface area is 207 Å². The van der Waals surface area contributed by atoms with Gasteiger partial charge in [0.1, 0.15) is 11.2 Å².